The highest BCUT2D eigenvalue weighted by Gasteiger charge is 2.41. The summed E-state index contributed by atoms with van der Waals surface area (Å²) >= 11 is 0. The first-order valence-electron chi connectivity index (χ1n) is 10.7. The maximum absolute atomic E-state index is 13.5. The Labute approximate surface area is 182 Å². The molecular weight excluding hydrogens is 393 g/mol. The number of hydrogen-bond donors (Lipinski definition) is 0. The first-order chi connectivity index (χ1) is 14.8. The molecule has 162 valence electrons. The zero-order chi connectivity index (χ0) is 22.1. The highest BCUT2D eigenvalue weighted by atomic mass is 19.1. The Bertz CT molecular complexity index is 1040. The van der Waals surface area contributed by atoms with Crippen LogP contribution >= 0.6 is 0 Å². The van der Waals surface area contributed by atoms with Crippen LogP contribution < -0.4 is 0 Å². The number of carbonyl (C=O) groups is 2. The van der Waals surface area contributed by atoms with Crippen LogP contribution in [0.15, 0.2) is 48.2 Å². The second-order valence-corrected chi connectivity index (χ2v) is 8.45. The summed E-state index contributed by atoms with van der Waals surface area (Å²) in [6.07, 6.45) is 0.494. The number of hydrogen-bond acceptors (Lipinski definition) is 4. The molecule has 0 spiro atoms. The quantitative estimate of drug-likeness (QED) is 0.697. The number of halogens is 1. The molecule has 31 heavy (non-hydrogen) atoms. The van der Waals surface area contributed by atoms with Crippen molar-refractivity contribution in [2.75, 3.05) is 39.8 Å². The number of piperazine rings is 1. The van der Waals surface area contributed by atoms with E-state index in [0.717, 1.165) is 35.3 Å². The van der Waals surface area contributed by atoms with Crippen molar-refractivity contribution in [2.45, 2.75) is 20.3 Å². The van der Waals surface area contributed by atoms with Gasteiger partial charge < -0.3 is 9.80 Å². The fraction of sp³-hybridized carbons (Fsp3) is 0.360. The summed E-state index contributed by atoms with van der Waals surface area (Å²) in [5.41, 5.74) is 4.93. The predicted molar refractivity (Wildman–Crippen MR) is 119 cm³/mol. The van der Waals surface area contributed by atoms with Gasteiger partial charge in [-0.25, -0.2) is 4.39 Å². The van der Waals surface area contributed by atoms with Crippen LogP contribution in [-0.4, -0.2) is 66.3 Å². The summed E-state index contributed by atoms with van der Waals surface area (Å²) in [4.78, 5) is 32.5. The molecule has 0 radical (unpaired) electrons. The Balaban J connectivity index is 1.66. The SMILES string of the molecule is Cc1ccc(C2=C(N3CCN(C)CC3)C(=O)N(CCc3ccc(F)cc3)C2=O)cc1C. The van der Waals surface area contributed by atoms with E-state index in [1.54, 1.807) is 12.1 Å². The largest absolute Gasteiger partial charge is 0.364 e. The summed E-state index contributed by atoms with van der Waals surface area (Å²) in [6.45, 7) is 7.44. The predicted octanol–water partition coefficient (Wildman–Crippen LogP) is 3.01. The van der Waals surface area contributed by atoms with Gasteiger partial charge >= 0.3 is 0 Å². The number of rotatable bonds is 5. The van der Waals surface area contributed by atoms with Crippen LogP contribution in [0.4, 0.5) is 4.39 Å². The average molecular weight is 422 g/mol. The molecule has 1 saturated heterocycles. The van der Waals surface area contributed by atoms with Crippen LogP contribution in [0.3, 0.4) is 0 Å². The summed E-state index contributed by atoms with van der Waals surface area (Å²) in [6, 6.07) is 12.1. The maximum Gasteiger partial charge on any atom is 0.277 e. The molecule has 1 fully saturated rings. The number of aryl methyl sites for hydroxylation is 2. The van der Waals surface area contributed by atoms with Crippen LogP contribution in [0.5, 0.6) is 0 Å². The Morgan fingerprint density at radius 2 is 1.55 bits per heavy atom. The molecule has 0 N–H and O–H groups in total. The van der Waals surface area contributed by atoms with Crippen molar-refractivity contribution in [1.82, 2.24) is 14.7 Å². The summed E-state index contributed by atoms with van der Waals surface area (Å²) in [7, 11) is 2.06. The fourth-order valence-electron chi connectivity index (χ4n) is 4.14. The molecule has 4 rings (SSSR count). The molecule has 0 atom stereocenters. The number of imide groups is 1. The summed E-state index contributed by atoms with van der Waals surface area (Å²) < 4.78 is 13.2. The molecular formula is C25H28FN3O2. The number of carbonyl (C=O) groups excluding carboxylic acids is 2. The van der Waals surface area contributed by atoms with Crippen molar-refractivity contribution in [3.63, 3.8) is 0 Å². The number of benzene rings is 2. The van der Waals surface area contributed by atoms with Crippen molar-refractivity contribution in [1.29, 1.82) is 0 Å². The van der Waals surface area contributed by atoms with Gasteiger partial charge in [0.15, 0.2) is 0 Å². The number of amides is 2. The third kappa shape index (κ3) is 4.26. The van der Waals surface area contributed by atoms with Gasteiger partial charge in [-0.1, -0.05) is 30.3 Å². The molecule has 0 aromatic heterocycles. The molecule has 6 heteroatoms. The van der Waals surface area contributed by atoms with E-state index in [-0.39, 0.29) is 24.2 Å². The van der Waals surface area contributed by atoms with E-state index < -0.39 is 0 Å². The molecule has 2 heterocycles. The molecule has 2 aromatic carbocycles. The Hall–Kier alpha value is -2.99. The number of nitrogens with zero attached hydrogens (tertiary/aromatic N) is 3. The molecule has 2 aromatic rings. The van der Waals surface area contributed by atoms with Crippen molar-refractivity contribution in [3.8, 4) is 0 Å². The van der Waals surface area contributed by atoms with Crippen molar-refractivity contribution in [3.05, 3.63) is 76.2 Å². The van der Waals surface area contributed by atoms with E-state index in [9.17, 15) is 14.0 Å². The first-order valence-corrected chi connectivity index (χ1v) is 10.7. The number of likely N-dealkylation sites (N-methyl/N-ethyl adjacent to an activating group) is 1. The van der Waals surface area contributed by atoms with Crippen molar-refractivity contribution < 1.29 is 14.0 Å². The average Bonchev–Trinajstić information content (AvgIpc) is 3.00. The summed E-state index contributed by atoms with van der Waals surface area (Å²) in [5, 5.41) is 0. The first kappa shape index (κ1) is 21.2. The monoisotopic (exact) mass is 421 g/mol. The smallest absolute Gasteiger partial charge is 0.277 e. The molecule has 0 saturated carbocycles. The van der Waals surface area contributed by atoms with Gasteiger partial charge in [-0.15, -0.1) is 0 Å². The molecule has 2 aliphatic heterocycles. The zero-order valence-corrected chi connectivity index (χ0v) is 18.3. The minimum atomic E-state index is -0.298. The Morgan fingerprint density at radius 1 is 0.871 bits per heavy atom. The van der Waals surface area contributed by atoms with Crippen LogP contribution in [0.25, 0.3) is 5.57 Å². The second-order valence-electron chi connectivity index (χ2n) is 8.45. The third-order valence-corrected chi connectivity index (χ3v) is 6.30. The Morgan fingerprint density at radius 3 is 2.19 bits per heavy atom. The highest BCUT2D eigenvalue weighted by molar-refractivity contribution is 6.35. The van der Waals surface area contributed by atoms with E-state index in [1.165, 1.54) is 17.0 Å². The van der Waals surface area contributed by atoms with Crippen molar-refractivity contribution in [2.24, 2.45) is 0 Å². The lowest BCUT2D eigenvalue weighted by molar-refractivity contribution is -0.137. The van der Waals surface area contributed by atoms with Gasteiger partial charge in [-0.3, -0.25) is 14.5 Å². The van der Waals surface area contributed by atoms with Crippen LogP contribution in [0.2, 0.25) is 0 Å². The van der Waals surface area contributed by atoms with Gasteiger partial charge in [0, 0.05) is 32.7 Å². The van der Waals surface area contributed by atoms with E-state index in [2.05, 4.69) is 16.8 Å². The normalized spacial score (nSPS) is 17.8. The van der Waals surface area contributed by atoms with Gasteiger partial charge in [0.05, 0.1) is 5.57 Å². The lowest BCUT2D eigenvalue weighted by atomic mass is 9.99. The van der Waals surface area contributed by atoms with Crippen LogP contribution in [-0.2, 0) is 16.0 Å². The van der Waals surface area contributed by atoms with Crippen LogP contribution in [0.1, 0.15) is 22.3 Å². The minimum absolute atomic E-state index is 0.232. The second kappa shape index (κ2) is 8.63. The maximum atomic E-state index is 13.5. The molecule has 5 nitrogen and oxygen atoms in total. The van der Waals surface area contributed by atoms with Crippen molar-refractivity contribution >= 4 is 17.4 Å². The lowest BCUT2D eigenvalue weighted by Crippen LogP contribution is -2.46. The topological polar surface area (TPSA) is 43.9 Å². The molecule has 0 aliphatic carbocycles. The summed E-state index contributed by atoms with van der Waals surface area (Å²) in [5.74, 6) is -0.776. The van der Waals surface area contributed by atoms with E-state index in [0.29, 0.717) is 30.8 Å². The minimum Gasteiger partial charge on any atom is -0.364 e. The van der Waals surface area contributed by atoms with E-state index in [1.807, 2.05) is 32.0 Å². The Kier molecular flexibility index (Phi) is 5.92. The van der Waals surface area contributed by atoms with Gasteiger partial charge in [0.1, 0.15) is 11.5 Å². The standard InChI is InChI=1S/C25H28FN3O2/c1-17-4-7-20(16-18(17)2)22-23(28-14-12-27(3)13-15-28)25(31)29(24(22)30)11-10-19-5-8-21(26)9-6-19/h4-9,16H,10-15H2,1-3H3. The fourth-order valence-corrected chi connectivity index (χ4v) is 4.14. The molecule has 0 bridgehead atoms. The highest BCUT2D eigenvalue weighted by Crippen LogP contribution is 2.33. The lowest BCUT2D eigenvalue weighted by Gasteiger charge is -2.34. The van der Waals surface area contributed by atoms with Gasteiger partial charge in [0.25, 0.3) is 11.8 Å². The van der Waals surface area contributed by atoms with E-state index >= 15 is 0 Å². The zero-order valence-electron chi connectivity index (χ0n) is 18.3. The van der Waals surface area contributed by atoms with E-state index in [4.69, 9.17) is 0 Å². The molecule has 2 amide bonds. The third-order valence-electron chi connectivity index (χ3n) is 6.30. The van der Waals surface area contributed by atoms with Crippen LogP contribution in [0, 0.1) is 19.7 Å². The van der Waals surface area contributed by atoms with Gasteiger partial charge in [-0.05, 0) is 61.7 Å². The van der Waals surface area contributed by atoms with Gasteiger partial charge in [-0.2, -0.15) is 0 Å². The molecule has 2 aliphatic rings. The molecule has 0 unspecified atom stereocenters. The van der Waals surface area contributed by atoms with Gasteiger partial charge in [0.2, 0.25) is 0 Å².